The molecule has 2 fully saturated rings. The lowest BCUT2D eigenvalue weighted by molar-refractivity contribution is 0.318. The van der Waals surface area contributed by atoms with Crippen LogP contribution in [-0.2, 0) is 6.42 Å². The lowest BCUT2D eigenvalue weighted by Gasteiger charge is -2.16. The van der Waals surface area contributed by atoms with E-state index in [1.807, 2.05) is 13.0 Å². The van der Waals surface area contributed by atoms with Gasteiger partial charge in [-0.3, -0.25) is 4.90 Å². The molecule has 1 aliphatic carbocycles. The van der Waals surface area contributed by atoms with E-state index in [9.17, 15) is 4.39 Å². The Hall–Kier alpha value is -0.930. The second-order valence-electron chi connectivity index (χ2n) is 5.99. The average Bonchev–Trinajstić information content (AvgIpc) is 3.13. The molecule has 1 saturated heterocycles. The number of likely N-dealkylation sites (tertiary alicyclic amines) is 1. The van der Waals surface area contributed by atoms with Crippen LogP contribution in [0.1, 0.15) is 30.4 Å². The van der Waals surface area contributed by atoms with Crippen LogP contribution in [0.3, 0.4) is 0 Å². The molecule has 1 aromatic rings. The van der Waals surface area contributed by atoms with Gasteiger partial charge in [-0.25, -0.2) is 4.39 Å². The predicted molar refractivity (Wildman–Crippen MR) is 75.8 cm³/mol. The zero-order chi connectivity index (χ0) is 13.2. The van der Waals surface area contributed by atoms with E-state index in [0.29, 0.717) is 6.04 Å². The number of hydrogen-bond acceptors (Lipinski definition) is 2. The van der Waals surface area contributed by atoms with E-state index in [2.05, 4.69) is 10.2 Å². The smallest absolute Gasteiger partial charge is 0.123 e. The Bertz CT molecular complexity index is 442. The Balaban J connectivity index is 1.43. The zero-order valence-corrected chi connectivity index (χ0v) is 11.7. The second-order valence-corrected chi connectivity index (χ2v) is 5.99. The molecule has 1 saturated carbocycles. The molecule has 19 heavy (non-hydrogen) atoms. The molecule has 3 heteroatoms. The SMILES string of the molecule is Cc1cc(F)ccc1CCNC1CCN(C2CC2)C1. The van der Waals surface area contributed by atoms with Gasteiger partial charge in [0.25, 0.3) is 0 Å². The Morgan fingerprint density at radius 1 is 1.32 bits per heavy atom. The van der Waals surface area contributed by atoms with Crippen LogP contribution in [-0.4, -0.2) is 36.6 Å². The molecule has 0 spiro atoms. The molecule has 0 bridgehead atoms. The summed E-state index contributed by atoms with van der Waals surface area (Å²) in [6.07, 6.45) is 5.08. The number of nitrogens with zero attached hydrogens (tertiary/aromatic N) is 1. The molecule has 3 rings (SSSR count). The summed E-state index contributed by atoms with van der Waals surface area (Å²) in [6, 6.07) is 6.65. The van der Waals surface area contributed by atoms with Gasteiger partial charge in [0, 0.05) is 25.2 Å². The largest absolute Gasteiger partial charge is 0.312 e. The van der Waals surface area contributed by atoms with E-state index in [1.54, 1.807) is 12.1 Å². The van der Waals surface area contributed by atoms with E-state index in [-0.39, 0.29) is 5.82 Å². The van der Waals surface area contributed by atoms with Crippen LogP contribution in [0.4, 0.5) is 4.39 Å². The van der Waals surface area contributed by atoms with Crippen LogP contribution in [0, 0.1) is 12.7 Å². The Morgan fingerprint density at radius 3 is 2.89 bits per heavy atom. The molecule has 0 radical (unpaired) electrons. The molecule has 1 aliphatic heterocycles. The lowest BCUT2D eigenvalue weighted by atomic mass is 10.1. The van der Waals surface area contributed by atoms with E-state index < -0.39 is 0 Å². The van der Waals surface area contributed by atoms with Crippen LogP contribution >= 0.6 is 0 Å². The van der Waals surface area contributed by atoms with Crippen molar-refractivity contribution in [2.45, 2.75) is 44.7 Å². The van der Waals surface area contributed by atoms with Crippen LogP contribution in [0.25, 0.3) is 0 Å². The van der Waals surface area contributed by atoms with E-state index in [0.717, 1.165) is 24.6 Å². The minimum absolute atomic E-state index is 0.134. The first kappa shape index (κ1) is 13.1. The summed E-state index contributed by atoms with van der Waals surface area (Å²) in [5.41, 5.74) is 2.32. The topological polar surface area (TPSA) is 15.3 Å². The summed E-state index contributed by atoms with van der Waals surface area (Å²) in [7, 11) is 0. The number of hydrogen-bond donors (Lipinski definition) is 1. The van der Waals surface area contributed by atoms with Gasteiger partial charge in [0.1, 0.15) is 5.82 Å². The summed E-state index contributed by atoms with van der Waals surface area (Å²) in [5.74, 6) is -0.134. The first-order chi connectivity index (χ1) is 9.22. The third kappa shape index (κ3) is 3.34. The van der Waals surface area contributed by atoms with Gasteiger partial charge in [0.15, 0.2) is 0 Å². The number of halogens is 1. The van der Waals surface area contributed by atoms with E-state index in [4.69, 9.17) is 0 Å². The van der Waals surface area contributed by atoms with E-state index in [1.165, 1.54) is 37.9 Å². The van der Waals surface area contributed by atoms with E-state index >= 15 is 0 Å². The van der Waals surface area contributed by atoms with Crippen molar-refractivity contribution in [3.8, 4) is 0 Å². The van der Waals surface area contributed by atoms with Gasteiger partial charge in [-0.2, -0.15) is 0 Å². The minimum atomic E-state index is -0.134. The standard InChI is InChI=1S/C16H23FN2/c1-12-10-14(17)3-2-13(12)6-8-18-15-7-9-19(11-15)16-4-5-16/h2-3,10,15-16,18H,4-9,11H2,1H3. The molecular formula is C16H23FN2. The fourth-order valence-corrected chi connectivity index (χ4v) is 3.08. The summed E-state index contributed by atoms with van der Waals surface area (Å²) < 4.78 is 13.0. The fraction of sp³-hybridized carbons (Fsp3) is 0.625. The fourth-order valence-electron chi connectivity index (χ4n) is 3.08. The van der Waals surface area contributed by atoms with Gasteiger partial charge in [-0.15, -0.1) is 0 Å². The number of benzene rings is 1. The maximum Gasteiger partial charge on any atom is 0.123 e. The molecule has 1 heterocycles. The Labute approximate surface area is 115 Å². The van der Waals surface area contributed by atoms with Crippen LogP contribution in [0.15, 0.2) is 18.2 Å². The number of nitrogens with one attached hydrogen (secondary N) is 1. The molecule has 104 valence electrons. The predicted octanol–water partition coefficient (Wildman–Crippen LogP) is 2.50. The molecular weight excluding hydrogens is 239 g/mol. The van der Waals surface area contributed by atoms with Crippen molar-refractivity contribution >= 4 is 0 Å². The molecule has 1 aromatic carbocycles. The second kappa shape index (κ2) is 5.59. The lowest BCUT2D eigenvalue weighted by Crippen LogP contribution is -2.34. The summed E-state index contributed by atoms with van der Waals surface area (Å²) in [5, 5.41) is 3.65. The molecule has 1 N–H and O–H groups in total. The summed E-state index contributed by atoms with van der Waals surface area (Å²) in [6.45, 7) is 5.46. The maximum atomic E-state index is 13.0. The highest BCUT2D eigenvalue weighted by Crippen LogP contribution is 2.29. The van der Waals surface area contributed by atoms with Crippen LogP contribution in [0.2, 0.25) is 0 Å². The third-order valence-electron chi connectivity index (χ3n) is 4.41. The van der Waals surface area contributed by atoms with Crippen LogP contribution < -0.4 is 5.32 Å². The maximum absolute atomic E-state index is 13.0. The Morgan fingerprint density at radius 2 is 2.16 bits per heavy atom. The molecule has 2 aliphatic rings. The van der Waals surface area contributed by atoms with Gasteiger partial charge < -0.3 is 5.32 Å². The highest BCUT2D eigenvalue weighted by Gasteiger charge is 2.33. The highest BCUT2D eigenvalue weighted by molar-refractivity contribution is 5.26. The van der Waals surface area contributed by atoms with Crippen LogP contribution in [0.5, 0.6) is 0 Å². The highest BCUT2D eigenvalue weighted by atomic mass is 19.1. The molecule has 1 atom stereocenters. The van der Waals surface area contributed by atoms with Crippen molar-refractivity contribution < 1.29 is 4.39 Å². The first-order valence-corrected chi connectivity index (χ1v) is 7.45. The van der Waals surface area contributed by atoms with Gasteiger partial charge in [-0.05, 0) is 62.4 Å². The minimum Gasteiger partial charge on any atom is -0.312 e. The quantitative estimate of drug-likeness (QED) is 0.877. The first-order valence-electron chi connectivity index (χ1n) is 7.45. The van der Waals surface area contributed by atoms with Crippen molar-refractivity contribution in [3.63, 3.8) is 0 Å². The van der Waals surface area contributed by atoms with Crippen molar-refractivity contribution in [2.75, 3.05) is 19.6 Å². The van der Waals surface area contributed by atoms with Gasteiger partial charge >= 0.3 is 0 Å². The summed E-state index contributed by atoms with van der Waals surface area (Å²) >= 11 is 0. The molecule has 2 nitrogen and oxygen atoms in total. The zero-order valence-electron chi connectivity index (χ0n) is 11.7. The molecule has 1 unspecified atom stereocenters. The van der Waals surface area contributed by atoms with Crippen molar-refractivity contribution in [1.82, 2.24) is 10.2 Å². The molecule has 0 amide bonds. The van der Waals surface area contributed by atoms with Crippen molar-refractivity contribution in [1.29, 1.82) is 0 Å². The average molecular weight is 262 g/mol. The number of rotatable bonds is 5. The monoisotopic (exact) mass is 262 g/mol. The third-order valence-corrected chi connectivity index (χ3v) is 4.41. The van der Waals surface area contributed by atoms with Gasteiger partial charge in [0.05, 0.1) is 0 Å². The van der Waals surface area contributed by atoms with Gasteiger partial charge in [0.2, 0.25) is 0 Å². The molecule has 0 aromatic heterocycles. The summed E-state index contributed by atoms with van der Waals surface area (Å²) in [4.78, 5) is 2.63. The number of aryl methyl sites for hydroxylation is 1. The van der Waals surface area contributed by atoms with Crippen molar-refractivity contribution in [3.05, 3.63) is 35.1 Å². The Kier molecular flexibility index (Phi) is 3.85. The normalized spacial score (nSPS) is 24.0. The van der Waals surface area contributed by atoms with Crippen molar-refractivity contribution in [2.24, 2.45) is 0 Å². The van der Waals surface area contributed by atoms with Gasteiger partial charge in [-0.1, -0.05) is 6.07 Å².